The molecule has 1 saturated heterocycles. The van der Waals surface area contributed by atoms with Crippen molar-refractivity contribution in [1.29, 1.82) is 5.41 Å². The second-order valence-corrected chi connectivity index (χ2v) is 9.23. The Morgan fingerprint density at radius 2 is 1.81 bits per heavy atom. The number of hydrogen-bond acceptors (Lipinski definition) is 7. The molecule has 0 spiro atoms. The first-order valence-electron chi connectivity index (χ1n) is 9.70. The number of carboxylic acid groups (broad SMARTS) is 1. The lowest BCUT2D eigenvalue weighted by Gasteiger charge is -2.30. The minimum absolute atomic E-state index is 0.169. The zero-order valence-corrected chi connectivity index (χ0v) is 18.6. The summed E-state index contributed by atoms with van der Waals surface area (Å²) in [6, 6.07) is 6.38. The monoisotopic (exact) mass is 449 g/mol. The van der Waals surface area contributed by atoms with Gasteiger partial charge in [0.2, 0.25) is 0 Å². The number of benzene rings is 1. The summed E-state index contributed by atoms with van der Waals surface area (Å²) in [4.78, 5) is 24.3. The lowest BCUT2D eigenvalue weighted by Crippen LogP contribution is -2.31. The van der Waals surface area contributed by atoms with Gasteiger partial charge >= 0.3 is 6.09 Å². The van der Waals surface area contributed by atoms with Crippen LogP contribution in [-0.2, 0) is 9.84 Å². The van der Waals surface area contributed by atoms with E-state index < -0.39 is 21.8 Å². The van der Waals surface area contributed by atoms with E-state index in [9.17, 15) is 18.0 Å². The second kappa shape index (κ2) is 10.2. The molecule has 1 fully saturated rings. The van der Waals surface area contributed by atoms with E-state index in [0.717, 1.165) is 55.3 Å². The maximum absolute atomic E-state index is 12.0. The first-order valence-corrected chi connectivity index (χ1v) is 11.6. The predicted octanol–water partition coefficient (Wildman–Crippen LogP) is 2.44. The Morgan fingerprint density at radius 3 is 2.26 bits per heavy atom. The van der Waals surface area contributed by atoms with Crippen molar-refractivity contribution in [2.45, 2.75) is 38.0 Å². The summed E-state index contributed by atoms with van der Waals surface area (Å²) >= 11 is 0. The lowest BCUT2D eigenvalue weighted by atomic mass is 10.1. The number of nitrogens with zero attached hydrogens (tertiary/aromatic N) is 3. The molecule has 2 heterocycles. The standard InChI is InChI=1S/C14H19N3O3S.C6H8N2O2/c1-21(19,20)13-9-11(14(18)16-10-15)5-6-12(13)17-7-3-2-4-8-17;1-4-3-5(2)8(7-4)6(9)10/h5-6,9-10H,2-4,7-8H2,1H3,(H2,15,16,18);3H,1-2H3,(H,9,10). The quantitative estimate of drug-likeness (QED) is 0.480. The van der Waals surface area contributed by atoms with Crippen molar-refractivity contribution in [2.75, 3.05) is 24.2 Å². The van der Waals surface area contributed by atoms with Crippen LogP contribution in [0.2, 0.25) is 0 Å². The Hall–Kier alpha value is -3.21. The molecule has 0 radical (unpaired) electrons. The fraction of sp³-hybridized carbons (Fsp3) is 0.400. The van der Waals surface area contributed by atoms with E-state index in [0.29, 0.717) is 11.4 Å². The highest BCUT2D eigenvalue weighted by Crippen LogP contribution is 2.29. The number of rotatable bonds is 4. The molecule has 0 saturated carbocycles. The van der Waals surface area contributed by atoms with Crippen LogP contribution in [0.3, 0.4) is 0 Å². The molecular weight excluding hydrogens is 422 g/mol. The average molecular weight is 450 g/mol. The minimum Gasteiger partial charge on any atom is -0.463 e. The van der Waals surface area contributed by atoms with E-state index in [1.165, 1.54) is 6.07 Å². The van der Waals surface area contributed by atoms with Gasteiger partial charge in [0.05, 0.1) is 22.6 Å². The highest BCUT2D eigenvalue weighted by atomic mass is 32.2. The first-order chi connectivity index (χ1) is 14.5. The molecule has 1 amide bonds. The van der Waals surface area contributed by atoms with Crippen molar-refractivity contribution in [1.82, 2.24) is 15.1 Å². The summed E-state index contributed by atoms with van der Waals surface area (Å²) in [6.07, 6.45) is 4.13. The molecule has 0 bridgehead atoms. The number of hydrogen-bond donors (Lipinski definition) is 3. The Kier molecular flexibility index (Phi) is 7.92. The molecule has 3 N–H and O–H groups in total. The first kappa shape index (κ1) is 24.1. The normalized spacial score (nSPS) is 13.7. The Labute approximate surface area is 181 Å². The maximum atomic E-state index is 12.0. The van der Waals surface area contributed by atoms with E-state index in [2.05, 4.69) is 15.3 Å². The van der Waals surface area contributed by atoms with Crippen LogP contribution < -0.4 is 10.2 Å². The number of anilines is 1. The molecule has 1 aliphatic rings. The third kappa shape index (κ3) is 6.38. The zero-order valence-electron chi connectivity index (χ0n) is 17.8. The number of carbonyl (C=O) groups excluding carboxylic acids is 1. The number of sulfone groups is 1. The van der Waals surface area contributed by atoms with Gasteiger partial charge in [0.25, 0.3) is 5.91 Å². The predicted molar refractivity (Wildman–Crippen MR) is 117 cm³/mol. The van der Waals surface area contributed by atoms with Crippen LogP contribution in [0.15, 0.2) is 29.2 Å². The molecule has 0 aliphatic carbocycles. The molecule has 1 aromatic carbocycles. The number of carbonyl (C=O) groups is 2. The topological polar surface area (TPSA) is 145 Å². The van der Waals surface area contributed by atoms with Crippen LogP contribution in [0.1, 0.15) is 41.0 Å². The lowest BCUT2D eigenvalue weighted by molar-refractivity contribution is 0.0978. The zero-order chi connectivity index (χ0) is 23.2. The van der Waals surface area contributed by atoms with Gasteiger partial charge in [-0.3, -0.25) is 10.2 Å². The molecule has 0 unspecified atom stereocenters. The molecule has 31 heavy (non-hydrogen) atoms. The molecule has 1 aromatic heterocycles. The Balaban J connectivity index is 0.000000285. The summed E-state index contributed by atoms with van der Waals surface area (Å²) < 4.78 is 25.0. The van der Waals surface area contributed by atoms with Gasteiger partial charge in [0, 0.05) is 30.6 Å². The van der Waals surface area contributed by atoms with Gasteiger partial charge in [-0.05, 0) is 57.4 Å². The van der Waals surface area contributed by atoms with E-state index in [-0.39, 0.29) is 10.5 Å². The van der Waals surface area contributed by atoms with Crippen molar-refractivity contribution in [3.8, 4) is 0 Å². The van der Waals surface area contributed by atoms with Crippen molar-refractivity contribution in [3.05, 3.63) is 41.2 Å². The minimum atomic E-state index is -3.43. The molecule has 11 heteroatoms. The van der Waals surface area contributed by atoms with Crippen LogP contribution in [-0.4, -0.2) is 61.0 Å². The summed E-state index contributed by atoms with van der Waals surface area (Å²) in [6.45, 7) is 5.11. The van der Waals surface area contributed by atoms with Crippen molar-refractivity contribution < 1.29 is 23.1 Å². The van der Waals surface area contributed by atoms with Crippen molar-refractivity contribution in [2.24, 2.45) is 0 Å². The largest absolute Gasteiger partial charge is 0.463 e. The SMILES string of the molecule is CS(=O)(=O)c1cc(C(=O)NC=N)ccc1N1CCCCC1.Cc1cc(C)n(C(=O)O)n1. The molecule has 1 aliphatic heterocycles. The van der Waals surface area contributed by atoms with Crippen molar-refractivity contribution in [3.63, 3.8) is 0 Å². The average Bonchev–Trinajstić information content (AvgIpc) is 3.06. The van der Waals surface area contributed by atoms with Gasteiger partial charge in [0.1, 0.15) is 0 Å². The van der Waals surface area contributed by atoms with Gasteiger partial charge in [0.15, 0.2) is 9.84 Å². The second-order valence-electron chi connectivity index (χ2n) is 7.24. The third-order valence-electron chi connectivity index (χ3n) is 4.71. The Morgan fingerprint density at radius 1 is 1.16 bits per heavy atom. The van der Waals surface area contributed by atoms with Crippen LogP contribution in [0, 0.1) is 19.3 Å². The number of aryl methyl sites for hydroxylation is 2. The Bertz CT molecular complexity index is 1070. The van der Waals surface area contributed by atoms with E-state index in [1.54, 1.807) is 32.0 Å². The molecule has 10 nitrogen and oxygen atoms in total. The van der Waals surface area contributed by atoms with Gasteiger partial charge in [-0.2, -0.15) is 9.78 Å². The van der Waals surface area contributed by atoms with Crippen LogP contribution >= 0.6 is 0 Å². The number of aromatic nitrogens is 2. The van der Waals surface area contributed by atoms with Crippen LogP contribution in [0.5, 0.6) is 0 Å². The van der Waals surface area contributed by atoms with Crippen molar-refractivity contribution >= 4 is 33.9 Å². The molecule has 3 rings (SSSR count). The van der Waals surface area contributed by atoms with E-state index in [4.69, 9.17) is 10.5 Å². The fourth-order valence-electron chi connectivity index (χ4n) is 3.32. The number of piperidine rings is 1. The summed E-state index contributed by atoms with van der Waals surface area (Å²) in [5.41, 5.74) is 2.26. The van der Waals surface area contributed by atoms with Crippen LogP contribution in [0.4, 0.5) is 10.5 Å². The molecule has 2 aromatic rings. The highest BCUT2D eigenvalue weighted by molar-refractivity contribution is 7.90. The fourth-order valence-corrected chi connectivity index (χ4v) is 4.24. The number of amides is 1. The highest BCUT2D eigenvalue weighted by Gasteiger charge is 2.21. The summed E-state index contributed by atoms with van der Waals surface area (Å²) in [7, 11) is -3.43. The molecule has 168 valence electrons. The van der Waals surface area contributed by atoms with Gasteiger partial charge in [-0.1, -0.05) is 0 Å². The summed E-state index contributed by atoms with van der Waals surface area (Å²) in [5.74, 6) is -0.486. The van der Waals surface area contributed by atoms with Gasteiger partial charge in [-0.25, -0.2) is 13.2 Å². The molecule has 0 atom stereocenters. The van der Waals surface area contributed by atoms with E-state index in [1.807, 2.05) is 0 Å². The van der Waals surface area contributed by atoms with Gasteiger partial charge in [-0.15, -0.1) is 0 Å². The van der Waals surface area contributed by atoms with Crippen LogP contribution in [0.25, 0.3) is 0 Å². The molecular formula is C20H27N5O5S. The van der Waals surface area contributed by atoms with E-state index >= 15 is 0 Å². The summed E-state index contributed by atoms with van der Waals surface area (Å²) in [5, 5.41) is 21.3. The third-order valence-corrected chi connectivity index (χ3v) is 5.84. The number of nitrogens with one attached hydrogen (secondary N) is 2. The smallest absolute Gasteiger partial charge is 0.432 e. The van der Waals surface area contributed by atoms with Gasteiger partial charge < -0.3 is 15.3 Å². The maximum Gasteiger partial charge on any atom is 0.432 e.